The lowest BCUT2D eigenvalue weighted by molar-refractivity contribution is -0.137. The van der Waals surface area contributed by atoms with E-state index in [2.05, 4.69) is 5.32 Å². The Kier molecular flexibility index (Phi) is 5.92. The standard InChI is InChI=1S/C18H16ClF3N2O2/c1-3-11-6-4-5-10(2)15(11)24-17(26)16(25)23-14-8-7-12(19)9-13(14)18(20,21)22/h4-9H,3H2,1-2H3,(H,23,25)(H,24,26). The van der Waals surface area contributed by atoms with E-state index in [1.807, 2.05) is 18.3 Å². The number of hydrogen-bond donors (Lipinski definition) is 2. The van der Waals surface area contributed by atoms with Crippen molar-refractivity contribution in [1.82, 2.24) is 0 Å². The van der Waals surface area contributed by atoms with Crippen LogP contribution in [-0.2, 0) is 22.2 Å². The number of benzene rings is 2. The molecule has 4 nitrogen and oxygen atoms in total. The van der Waals surface area contributed by atoms with Gasteiger partial charge in [0.1, 0.15) is 0 Å². The third-order valence-corrected chi connectivity index (χ3v) is 3.96. The lowest BCUT2D eigenvalue weighted by Crippen LogP contribution is -2.30. The first-order chi connectivity index (χ1) is 12.1. The Morgan fingerprint density at radius 3 is 2.35 bits per heavy atom. The van der Waals surface area contributed by atoms with Gasteiger partial charge >= 0.3 is 18.0 Å². The molecule has 2 N–H and O–H groups in total. The predicted molar refractivity (Wildman–Crippen MR) is 94.3 cm³/mol. The summed E-state index contributed by atoms with van der Waals surface area (Å²) < 4.78 is 39.2. The number of amides is 2. The smallest absolute Gasteiger partial charge is 0.317 e. The van der Waals surface area contributed by atoms with Crippen molar-refractivity contribution in [3.05, 3.63) is 58.1 Å². The number of carbonyl (C=O) groups excluding carboxylic acids is 2. The number of rotatable bonds is 3. The van der Waals surface area contributed by atoms with Gasteiger partial charge in [0.2, 0.25) is 0 Å². The lowest BCUT2D eigenvalue weighted by atomic mass is 10.1. The molecule has 0 radical (unpaired) electrons. The first-order valence-electron chi connectivity index (χ1n) is 7.71. The molecule has 2 rings (SSSR count). The van der Waals surface area contributed by atoms with Gasteiger partial charge in [0, 0.05) is 10.7 Å². The van der Waals surface area contributed by atoms with Crippen LogP contribution in [0.25, 0.3) is 0 Å². The van der Waals surface area contributed by atoms with E-state index in [-0.39, 0.29) is 5.02 Å². The predicted octanol–water partition coefficient (Wildman–Crippen LogP) is 4.81. The topological polar surface area (TPSA) is 58.2 Å². The van der Waals surface area contributed by atoms with Crippen molar-refractivity contribution in [3.8, 4) is 0 Å². The van der Waals surface area contributed by atoms with Crippen molar-refractivity contribution in [2.75, 3.05) is 10.6 Å². The van der Waals surface area contributed by atoms with E-state index in [0.29, 0.717) is 18.2 Å². The Balaban J connectivity index is 2.23. The molecule has 138 valence electrons. The highest BCUT2D eigenvalue weighted by Crippen LogP contribution is 2.36. The second-order valence-corrected chi connectivity index (χ2v) is 5.99. The molecule has 0 spiro atoms. The van der Waals surface area contributed by atoms with Crippen LogP contribution in [0.15, 0.2) is 36.4 Å². The fourth-order valence-electron chi connectivity index (χ4n) is 2.41. The quantitative estimate of drug-likeness (QED) is 0.746. The molecule has 0 saturated heterocycles. The summed E-state index contributed by atoms with van der Waals surface area (Å²) in [6.45, 7) is 3.64. The summed E-state index contributed by atoms with van der Waals surface area (Å²) >= 11 is 5.59. The highest BCUT2D eigenvalue weighted by molar-refractivity contribution is 6.44. The summed E-state index contributed by atoms with van der Waals surface area (Å²) in [5, 5.41) is 4.32. The fraction of sp³-hybridized carbons (Fsp3) is 0.222. The Hall–Kier alpha value is -2.54. The first-order valence-corrected chi connectivity index (χ1v) is 8.08. The number of alkyl halides is 3. The number of halogens is 4. The van der Waals surface area contributed by atoms with E-state index in [0.717, 1.165) is 17.2 Å². The molecule has 0 bridgehead atoms. The molecule has 0 atom stereocenters. The summed E-state index contributed by atoms with van der Waals surface area (Å²) in [6, 6.07) is 8.25. The molecule has 8 heteroatoms. The van der Waals surface area contributed by atoms with E-state index in [4.69, 9.17) is 11.6 Å². The van der Waals surface area contributed by atoms with Gasteiger partial charge in [-0.2, -0.15) is 13.2 Å². The largest absolute Gasteiger partial charge is 0.418 e. The molecule has 2 aromatic rings. The Labute approximate surface area is 153 Å². The SMILES string of the molecule is CCc1cccc(C)c1NC(=O)C(=O)Nc1ccc(Cl)cc1C(F)(F)F. The van der Waals surface area contributed by atoms with Crippen LogP contribution in [0.2, 0.25) is 5.02 Å². The maximum atomic E-state index is 13.1. The third-order valence-electron chi connectivity index (χ3n) is 3.72. The Bertz CT molecular complexity index is 851. The minimum atomic E-state index is -4.73. The van der Waals surface area contributed by atoms with Crippen molar-refractivity contribution >= 4 is 34.8 Å². The lowest BCUT2D eigenvalue weighted by Gasteiger charge is -2.15. The van der Waals surface area contributed by atoms with Crippen LogP contribution in [0.1, 0.15) is 23.6 Å². The maximum Gasteiger partial charge on any atom is 0.418 e. The number of hydrogen-bond acceptors (Lipinski definition) is 2. The number of anilines is 2. The summed E-state index contributed by atoms with van der Waals surface area (Å²) in [7, 11) is 0. The molecular formula is C18H16ClF3N2O2. The van der Waals surface area contributed by atoms with Crippen LogP contribution in [-0.4, -0.2) is 11.8 Å². The van der Waals surface area contributed by atoms with Crippen LogP contribution in [0, 0.1) is 6.92 Å². The fourth-order valence-corrected chi connectivity index (χ4v) is 2.58. The average Bonchev–Trinajstić information content (AvgIpc) is 2.57. The monoisotopic (exact) mass is 384 g/mol. The van der Waals surface area contributed by atoms with Gasteiger partial charge in [-0.3, -0.25) is 9.59 Å². The average molecular weight is 385 g/mol. The zero-order valence-corrected chi connectivity index (χ0v) is 14.8. The van der Waals surface area contributed by atoms with E-state index in [1.165, 1.54) is 6.07 Å². The molecule has 0 saturated carbocycles. The minimum absolute atomic E-state index is 0.132. The molecule has 0 aliphatic rings. The third kappa shape index (κ3) is 4.54. The summed E-state index contributed by atoms with van der Waals surface area (Å²) in [5.41, 5.74) is 0.364. The molecule has 0 heterocycles. The van der Waals surface area contributed by atoms with Crippen LogP contribution >= 0.6 is 11.6 Å². The molecule has 2 aromatic carbocycles. The molecular weight excluding hydrogens is 369 g/mol. The van der Waals surface area contributed by atoms with Gasteiger partial charge in [-0.15, -0.1) is 0 Å². The van der Waals surface area contributed by atoms with Gasteiger partial charge in [0.25, 0.3) is 0 Å². The number of para-hydroxylation sites is 1. The molecule has 26 heavy (non-hydrogen) atoms. The van der Waals surface area contributed by atoms with Crippen LogP contribution in [0.4, 0.5) is 24.5 Å². The van der Waals surface area contributed by atoms with Gasteiger partial charge in [-0.25, -0.2) is 0 Å². The van der Waals surface area contributed by atoms with Crippen LogP contribution in [0.3, 0.4) is 0 Å². The van der Waals surface area contributed by atoms with Gasteiger partial charge in [-0.05, 0) is 42.7 Å². The summed E-state index contributed by atoms with van der Waals surface area (Å²) in [6.07, 6.45) is -4.11. The van der Waals surface area contributed by atoms with E-state index in [9.17, 15) is 22.8 Å². The highest BCUT2D eigenvalue weighted by Gasteiger charge is 2.34. The molecule has 0 unspecified atom stereocenters. The van der Waals surface area contributed by atoms with E-state index in [1.54, 1.807) is 19.1 Å². The second-order valence-electron chi connectivity index (χ2n) is 5.56. The molecule has 2 amide bonds. The van der Waals surface area contributed by atoms with Gasteiger partial charge < -0.3 is 10.6 Å². The summed E-state index contributed by atoms with van der Waals surface area (Å²) in [5.74, 6) is -2.26. The first kappa shape index (κ1) is 19.8. The van der Waals surface area contributed by atoms with Crippen molar-refractivity contribution in [2.45, 2.75) is 26.4 Å². The normalized spacial score (nSPS) is 11.2. The maximum absolute atomic E-state index is 13.1. The highest BCUT2D eigenvalue weighted by atomic mass is 35.5. The number of aryl methyl sites for hydroxylation is 2. The number of carbonyl (C=O) groups is 2. The molecule has 0 aliphatic carbocycles. The van der Waals surface area contributed by atoms with Crippen molar-refractivity contribution in [3.63, 3.8) is 0 Å². The van der Waals surface area contributed by atoms with Gasteiger partial charge in [-0.1, -0.05) is 36.7 Å². The molecule has 0 aromatic heterocycles. The zero-order valence-electron chi connectivity index (χ0n) is 14.0. The minimum Gasteiger partial charge on any atom is -0.317 e. The zero-order chi connectivity index (χ0) is 19.5. The molecule has 0 fully saturated rings. The number of nitrogens with one attached hydrogen (secondary N) is 2. The van der Waals surface area contributed by atoms with E-state index >= 15 is 0 Å². The van der Waals surface area contributed by atoms with Crippen molar-refractivity contribution in [1.29, 1.82) is 0 Å². The van der Waals surface area contributed by atoms with Crippen molar-refractivity contribution < 1.29 is 22.8 Å². The molecule has 0 aliphatic heterocycles. The Morgan fingerprint density at radius 2 is 1.73 bits per heavy atom. The van der Waals surface area contributed by atoms with Crippen molar-refractivity contribution in [2.24, 2.45) is 0 Å². The van der Waals surface area contributed by atoms with Crippen LogP contribution < -0.4 is 10.6 Å². The van der Waals surface area contributed by atoms with E-state index < -0.39 is 29.2 Å². The van der Waals surface area contributed by atoms with Crippen LogP contribution in [0.5, 0.6) is 0 Å². The van der Waals surface area contributed by atoms with Gasteiger partial charge in [0.05, 0.1) is 11.3 Å². The second kappa shape index (κ2) is 7.78. The van der Waals surface area contributed by atoms with Gasteiger partial charge in [0.15, 0.2) is 0 Å². The summed E-state index contributed by atoms with van der Waals surface area (Å²) in [4.78, 5) is 24.2. The Morgan fingerprint density at radius 1 is 1.08 bits per heavy atom.